The van der Waals surface area contributed by atoms with Gasteiger partial charge < -0.3 is 10.1 Å². The van der Waals surface area contributed by atoms with Crippen LogP contribution in [0.5, 0.6) is 5.75 Å². The molecule has 0 aliphatic carbocycles. The molecule has 20 heavy (non-hydrogen) atoms. The van der Waals surface area contributed by atoms with Gasteiger partial charge >= 0.3 is 0 Å². The van der Waals surface area contributed by atoms with Crippen LogP contribution in [0.1, 0.15) is 6.42 Å². The highest BCUT2D eigenvalue weighted by Crippen LogP contribution is 2.22. The van der Waals surface area contributed by atoms with Crippen LogP contribution < -0.4 is 10.1 Å². The van der Waals surface area contributed by atoms with E-state index in [0.717, 1.165) is 12.2 Å². The maximum absolute atomic E-state index is 10.8. The molecule has 0 unspecified atom stereocenters. The van der Waals surface area contributed by atoms with Gasteiger partial charge in [-0.05, 0) is 24.6 Å². The molecule has 0 amide bonds. The van der Waals surface area contributed by atoms with Crippen LogP contribution in [0.2, 0.25) is 0 Å². The molecule has 2 aromatic rings. The van der Waals surface area contributed by atoms with E-state index >= 15 is 0 Å². The van der Waals surface area contributed by atoms with Gasteiger partial charge in [-0.1, -0.05) is 30.3 Å². The van der Waals surface area contributed by atoms with Gasteiger partial charge in [0.15, 0.2) is 0 Å². The Morgan fingerprint density at radius 2 is 1.75 bits per heavy atom. The first-order valence-electron chi connectivity index (χ1n) is 6.42. The van der Waals surface area contributed by atoms with Crippen LogP contribution in [0.4, 0.5) is 11.4 Å². The standard InChI is InChI=1S/C15H16N2O3/c18-17(19)15-10-5-4-9-14(15)16-11-6-12-20-13-7-2-1-3-8-13/h1-5,7-10,16H,6,11-12H2. The molecule has 0 saturated carbocycles. The van der Waals surface area contributed by atoms with Crippen molar-refractivity contribution in [2.24, 2.45) is 0 Å². The van der Waals surface area contributed by atoms with Gasteiger partial charge in [0, 0.05) is 12.6 Å². The third kappa shape index (κ3) is 3.98. The Labute approximate surface area is 117 Å². The van der Waals surface area contributed by atoms with E-state index in [9.17, 15) is 10.1 Å². The van der Waals surface area contributed by atoms with Gasteiger partial charge in [-0.3, -0.25) is 10.1 Å². The Bertz CT molecular complexity index is 558. The summed E-state index contributed by atoms with van der Waals surface area (Å²) >= 11 is 0. The Balaban J connectivity index is 1.75. The van der Waals surface area contributed by atoms with E-state index in [1.807, 2.05) is 30.3 Å². The molecule has 0 bridgehead atoms. The molecule has 0 radical (unpaired) electrons. The van der Waals surface area contributed by atoms with Gasteiger partial charge in [-0.15, -0.1) is 0 Å². The molecule has 2 aromatic carbocycles. The number of rotatable bonds is 7. The fourth-order valence-electron chi connectivity index (χ4n) is 1.78. The summed E-state index contributed by atoms with van der Waals surface area (Å²) in [6.07, 6.45) is 0.765. The van der Waals surface area contributed by atoms with Crippen molar-refractivity contribution in [3.05, 3.63) is 64.7 Å². The summed E-state index contributed by atoms with van der Waals surface area (Å²) in [4.78, 5) is 10.5. The lowest BCUT2D eigenvalue weighted by atomic mass is 10.2. The molecule has 0 aliphatic rings. The van der Waals surface area contributed by atoms with Crippen LogP contribution in [0.3, 0.4) is 0 Å². The van der Waals surface area contributed by atoms with Gasteiger partial charge in [0.2, 0.25) is 0 Å². The fraction of sp³-hybridized carbons (Fsp3) is 0.200. The lowest BCUT2D eigenvalue weighted by Gasteiger charge is -2.08. The van der Waals surface area contributed by atoms with Crippen molar-refractivity contribution in [3.8, 4) is 5.75 Å². The third-order valence-electron chi connectivity index (χ3n) is 2.75. The monoisotopic (exact) mass is 272 g/mol. The summed E-state index contributed by atoms with van der Waals surface area (Å²) in [5, 5.41) is 13.9. The van der Waals surface area contributed by atoms with Gasteiger partial charge in [0.05, 0.1) is 11.5 Å². The van der Waals surface area contributed by atoms with Crippen molar-refractivity contribution in [1.29, 1.82) is 0 Å². The van der Waals surface area contributed by atoms with Crippen molar-refractivity contribution in [3.63, 3.8) is 0 Å². The number of para-hydroxylation sites is 3. The summed E-state index contributed by atoms with van der Waals surface area (Å²) < 4.78 is 5.55. The fourth-order valence-corrected chi connectivity index (χ4v) is 1.78. The number of nitrogens with one attached hydrogen (secondary N) is 1. The van der Waals surface area contributed by atoms with Gasteiger partial charge in [0.1, 0.15) is 11.4 Å². The van der Waals surface area contributed by atoms with Gasteiger partial charge in [-0.2, -0.15) is 0 Å². The topological polar surface area (TPSA) is 64.4 Å². The first kappa shape index (κ1) is 13.9. The highest BCUT2D eigenvalue weighted by atomic mass is 16.6. The number of anilines is 1. The first-order valence-corrected chi connectivity index (χ1v) is 6.42. The number of hydrogen-bond donors (Lipinski definition) is 1. The average Bonchev–Trinajstić information content (AvgIpc) is 2.48. The van der Waals surface area contributed by atoms with E-state index in [4.69, 9.17) is 4.74 Å². The molecule has 0 atom stereocenters. The SMILES string of the molecule is O=[N+]([O-])c1ccccc1NCCCOc1ccccc1. The number of ether oxygens (including phenoxy) is 1. The quantitative estimate of drug-likeness (QED) is 0.476. The number of benzene rings is 2. The molecule has 0 spiro atoms. The van der Waals surface area contributed by atoms with Crippen molar-refractivity contribution >= 4 is 11.4 Å². The third-order valence-corrected chi connectivity index (χ3v) is 2.75. The minimum absolute atomic E-state index is 0.0940. The molecule has 1 N–H and O–H groups in total. The largest absolute Gasteiger partial charge is 0.494 e. The Hall–Kier alpha value is -2.56. The molecule has 5 heteroatoms. The summed E-state index contributed by atoms with van der Waals surface area (Å²) in [5.74, 6) is 0.832. The zero-order valence-corrected chi connectivity index (χ0v) is 11.0. The normalized spacial score (nSPS) is 10.0. The lowest BCUT2D eigenvalue weighted by Crippen LogP contribution is -2.08. The van der Waals surface area contributed by atoms with E-state index < -0.39 is 0 Å². The Kier molecular flexibility index (Phi) is 4.94. The van der Waals surface area contributed by atoms with E-state index in [-0.39, 0.29) is 10.6 Å². The minimum Gasteiger partial charge on any atom is -0.494 e. The molecule has 104 valence electrons. The maximum Gasteiger partial charge on any atom is 0.292 e. The van der Waals surface area contributed by atoms with Crippen LogP contribution in [0.15, 0.2) is 54.6 Å². The van der Waals surface area contributed by atoms with Crippen LogP contribution in [0.25, 0.3) is 0 Å². The van der Waals surface area contributed by atoms with Crippen LogP contribution in [-0.4, -0.2) is 18.1 Å². The molecule has 0 aromatic heterocycles. The second-order valence-corrected chi connectivity index (χ2v) is 4.22. The number of nitro groups is 1. The van der Waals surface area contributed by atoms with E-state index in [2.05, 4.69) is 5.32 Å². The summed E-state index contributed by atoms with van der Waals surface area (Å²) in [6, 6.07) is 16.2. The molecular weight excluding hydrogens is 256 g/mol. The number of nitro benzene ring substituents is 1. The van der Waals surface area contributed by atoms with Crippen molar-refractivity contribution in [1.82, 2.24) is 0 Å². The van der Waals surface area contributed by atoms with E-state index in [0.29, 0.717) is 18.8 Å². The zero-order valence-electron chi connectivity index (χ0n) is 11.0. The van der Waals surface area contributed by atoms with Gasteiger partial charge in [0.25, 0.3) is 5.69 Å². The maximum atomic E-state index is 10.8. The predicted molar refractivity (Wildman–Crippen MR) is 78.1 cm³/mol. The predicted octanol–water partition coefficient (Wildman–Crippen LogP) is 3.48. The summed E-state index contributed by atoms with van der Waals surface area (Å²) in [6.45, 7) is 1.19. The van der Waals surface area contributed by atoms with Crippen LogP contribution in [-0.2, 0) is 0 Å². The van der Waals surface area contributed by atoms with Crippen molar-refractivity contribution in [2.45, 2.75) is 6.42 Å². The zero-order chi connectivity index (χ0) is 14.2. The molecule has 5 nitrogen and oxygen atoms in total. The second-order valence-electron chi connectivity index (χ2n) is 4.22. The minimum atomic E-state index is -0.386. The van der Waals surface area contributed by atoms with Crippen LogP contribution >= 0.6 is 0 Å². The first-order chi connectivity index (χ1) is 9.77. The van der Waals surface area contributed by atoms with Gasteiger partial charge in [-0.25, -0.2) is 0 Å². The molecule has 0 fully saturated rings. The van der Waals surface area contributed by atoms with Crippen molar-refractivity contribution in [2.75, 3.05) is 18.5 Å². The Morgan fingerprint density at radius 3 is 2.50 bits per heavy atom. The summed E-state index contributed by atoms with van der Waals surface area (Å²) in [7, 11) is 0. The van der Waals surface area contributed by atoms with E-state index in [1.165, 1.54) is 6.07 Å². The molecule has 2 rings (SSSR count). The van der Waals surface area contributed by atoms with Crippen LogP contribution in [0, 0.1) is 10.1 Å². The highest BCUT2D eigenvalue weighted by Gasteiger charge is 2.10. The molecule has 0 heterocycles. The van der Waals surface area contributed by atoms with Crippen molar-refractivity contribution < 1.29 is 9.66 Å². The lowest BCUT2D eigenvalue weighted by molar-refractivity contribution is -0.384. The number of hydrogen-bond acceptors (Lipinski definition) is 4. The van der Waals surface area contributed by atoms with E-state index in [1.54, 1.807) is 18.2 Å². The highest BCUT2D eigenvalue weighted by molar-refractivity contribution is 5.60. The second kappa shape index (κ2) is 7.13. The summed E-state index contributed by atoms with van der Waals surface area (Å²) in [5.41, 5.74) is 0.633. The smallest absolute Gasteiger partial charge is 0.292 e. The number of nitrogens with zero attached hydrogens (tertiary/aromatic N) is 1. The molecular formula is C15H16N2O3. The Morgan fingerprint density at radius 1 is 1.05 bits per heavy atom. The molecule has 0 aliphatic heterocycles. The average molecular weight is 272 g/mol. The molecule has 0 saturated heterocycles.